The third-order valence-corrected chi connectivity index (χ3v) is 12.3. The quantitative estimate of drug-likeness (QED) is 0.122. The van der Waals surface area contributed by atoms with E-state index in [9.17, 15) is 8.42 Å². The molecule has 0 saturated heterocycles. The number of aryl methyl sites for hydroxylation is 1. The fourth-order valence-electron chi connectivity index (χ4n) is 3.08. The van der Waals surface area contributed by atoms with Crippen LogP contribution in [-0.4, -0.2) is 41.7 Å². The molecule has 0 atom stereocenters. The second kappa shape index (κ2) is 12.8. The van der Waals surface area contributed by atoms with Crippen LogP contribution in [0, 0.1) is 18.8 Å². The van der Waals surface area contributed by atoms with E-state index in [0.29, 0.717) is 24.7 Å². The lowest BCUT2D eigenvalue weighted by Gasteiger charge is -2.36. The minimum atomic E-state index is -3.81. The molecule has 0 amide bonds. The van der Waals surface area contributed by atoms with Gasteiger partial charge in [-0.25, -0.2) is 0 Å². The fourth-order valence-corrected chi connectivity index (χ4v) is 5.07. The van der Waals surface area contributed by atoms with E-state index in [1.165, 1.54) is 12.1 Å². The summed E-state index contributed by atoms with van der Waals surface area (Å²) >= 11 is 0. The Labute approximate surface area is 227 Å². The Hall–Kier alpha value is -2.90. The van der Waals surface area contributed by atoms with E-state index in [4.69, 9.17) is 17.9 Å². The van der Waals surface area contributed by atoms with Crippen LogP contribution in [0.1, 0.15) is 49.8 Å². The number of aromatic nitrogens is 1. The molecule has 1 aromatic heterocycles. The monoisotopic (exact) mass is 555 g/mol. The van der Waals surface area contributed by atoms with Crippen LogP contribution in [-0.2, 0) is 25.1 Å². The average Bonchev–Trinajstić information content (AvgIpc) is 3.30. The zero-order valence-corrected chi connectivity index (χ0v) is 24.9. The molecule has 2 aromatic carbocycles. The largest absolute Gasteiger partial charge is 0.494 e. The second-order valence-corrected chi connectivity index (χ2v) is 17.0. The lowest BCUT2D eigenvalue weighted by atomic mass is 10.2. The summed E-state index contributed by atoms with van der Waals surface area (Å²) < 4.78 is 46.9. The van der Waals surface area contributed by atoms with E-state index in [2.05, 4.69) is 50.9 Å². The summed E-state index contributed by atoms with van der Waals surface area (Å²) in [5.41, 5.74) is 2.35. The number of nitrogens with zero attached hydrogens (tertiary/aromatic N) is 1. The number of rotatable bonds is 11. The van der Waals surface area contributed by atoms with Crippen LogP contribution in [0.5, 0.6) is 5.75 Å². The minimum Gasteiger partial charge on any atom is -0.494 e. The fraction of sp³-hybridized carbons (Fsp3) is 0.414. The highest BCUT2D eigenvalue weighted by Crippen LogP contribution is 2.36. The number of ether oxygens (including phenoxy) is 1. The highest BCUT2D eigenvalue weighted by Gasteiger charge is 2.36. The first-order chi connectivity index (χ1) is 17.9. The van der Waals surface area contributed by atoms with Crippen LogP contribution in [0.25, 0.3) is 0 Å². The Morgan fingerprint density at radius 1 is 0.947 bits per heavy atom. The molecule has 0 bridgehead atoms. The van der Waals surface area contributed by atoms with E-state index in [1.807, 2.05) is 31.2 Å². The molecule has 7 nitrogen and oxygen atoms in total. The van der Waals surface area contributed by atoms with Crippen LogP contribution < -0.4 is 4.74 Å². The van der Waals surface area contributed by atoms with Crippen LogP contribution in [0.15, 0.2) is 64.0 Å². The molecule has 0 unspecified atom stereocenters. The predicted molar refractivity (Wildman–Crippen MR) is 150 cm³/mol. The van der Waals surface area contributed by atoms with Crippen LogP contribution in [0.4, 0.5) is 0 Å². The highest BCUT2D eigenvalue weighted by molar-refractivity contribution is 7.86. The molecule has 0 fully saturated rings. The molecule has 204 valence electrons. The second-order valence-electron chi connectivity index (χ2n) is 10.6. The van der Waals surface area contributed by atoms with Gasteiger partial charge >= 0.3 is 0 Å². The topological polar surface area (TPSA) is 87.9 Å². The third-order valence-electron chi connectivity index (χ3n) is 6.48. The first kappa shape index (κ1) is 29.6. The first-order valence-corrected chi connectivity index (χ1v) is 17.0. The summed E-state index contributed by atoms with van der Waals surface area (Å²) in [6.07, 6.45) is 1.12. The zero-order valence-electron chi connectivity index (χ0n) is 23.0. The van der Waals surface area contributed by atoms with Gasteiger partial charge < -0.3 is 13.7 Å². The van der Waals surface area contributed by atoms with Crippen molar-refractivity contribution in [1.82, 2.24) is 5.16 Å². The van der Waals surface area contributed by atoms with Crippen molar-refractivity contribution < 1.29 is 26.3 Å². The molecule has 9 heteroatoms. The van der Waals surface area contributed by atoms with E-state index >= 15 is 0 Å². The number of hydrogen-bond acceptors (Lipinski definition) is 7. The van der Waals surface area contributed by atoms with E-state index in [0.717, 1.165) is 23.3 Å². The van der Waals surface area contributed by atoms with Gasteiger partial charge in [-0.3, -0.25) is 4.18 Å². The summed E-state index contributed by atoms with van der Waals surface area (Å²) in [7, 11) is -5.53. The average molecular weight is 556 g/mol. The van der Waals surface area contributed by atoms with Gasteiger partial charge in [0.25, 0.3) is 10.1 Å². The minimum absolute atomic E-state index is 0.0422. The van der Waals surface area contributed by atoms with Gasteiger partial charge in [0, 0.05) is 31.1 Å². The highest BCUT2D eigenvalue weighted by atomic mass is 32.2. The maximum atomic E-state index is 12.3. The molecule has 0 N–H and O–H groups in total. The molecule has 0 aliphatic heterocycles. The Morgan fingerprint density at radius 2 is 1.63 bits per heavy atom. The van der Waals surface area contributed by atoms with Gasteiger partial charge in [-0.2, -0.15) is 8.42 Å². The number of benzene rings is 2. The van der Waals surface area contributed by atoms with Crippen molar-refractivity contribution in [3.05, 3.63) is 77.2 Å². The van der Waals surface area contributed by atoms with Crippen molar-refractivity contribution in [2.75, 3.05) is 19.8 Å². The van der Waals surface area contributed by atoms with Crippen molar-refractivity contribution in [2.45, 2.75) is 63.6 Å². The summed E-state index contributed by atoms with van der Waals surface area (Å²) in [5.74, 6) is 7.14. The number of hydrogen-bond donors (Lipinski definition) is 0. The first-order valence-electron chi connectivity index (χ1n) is 12.7. The molecule has 0 aliphatic carbocycles. The van der Waals surface area contributed by atoms with E-state index in [1.54, 1.807) is 18.2 Å². The molecular formula is C29H37NO6SSi. The van der Waals surface area contributed by atoms with Gasteiger partial charge in [0.05, 0.1) is 23.8 Å². The summed E-state index contributed by atoms with van der Waals surface area (Å²) in [6, 6.07) is 15.7. The Balaban J connectivity index is 1.42. The maximum absolute atomic E-state index is 12.3. The van der Waals surface area contributed by atoms with Gasteiger partial charge in [0.2, 0.25) is 5.76 Å². The molecule has 3 rings (SSSR count). The molecule has 38 heavy (non-hydrogen) atoms. The lowest BCUT2D eigenvalue weighted by molar-refractivity contribution is 0.234. The molecule has 0 saturated carbocycles. The van der Waals surface area contributed by atoms with Gasteiger partial charge in [-0.1, -0.05) is 49.5 Å². The van der Waals surface area contributed by atoms with Gasteiger partial charge in [0.15, 0.2) is 8.32 Å². The summed E-state index contributed by atoms with van der Waals surface area (Å²) in [4.78, 5) is 0.127. The van der Waals surface area contributed by atoms with E-state index in [-0.39, 0.29) is 23.0 Å². The van der Waals surface area contributed by atoms with Crippen LogP contribution in [0.2, 0.25) is 18.1 Å². The smallest absolute Gasteiger partial charge is 0.296 e. The Bertz CT molecular complexity index is 1350. The van der Waals surface area contributed by atoms with E-state index < -0.39 is 18.4 Å². The van der Waals surface area contributed by atoms with Crippen molar-refractivity contribution in [2.24, 2.45) is 0 Å². The van der Waals surface area contributed by atoms with Gasteiger partial charge in [0.1, 0.15) is 5.75 Å². The van der Waals surface area contributed by atoms with Crippen molar-refractivity contribution in [1.29, 1.82) is 0 Å². The molecule has 0 aliphatic rings. The normalized spacial score (nSPS) is 12.2. The Kier molecular flexibility index (Phi) is 9.96. The standard InChI is InChI=1S/C29H37NO6SSi/c1-23-8-16-28(17-9-23)37(31,32)34-21-18-25-22-27(36-30-25)15-12-24-10-13-26(14-11-24)33-19-7-20-35-38(5,6)29(2,3)4/h8-11,13-14,16-17,22H,7,18-21H2,1-6H3. The molecule has 1 heterocycles. The molecule has 0 spiro atoms. The van der Waals surface area contributed by atoms with Crippen LogP contribution >= 0.6 is 0 Å². The molecular weight excluding hydrogens is 518 g/mol. The predicted octanol–water partition coefficient (Wildman–Crippen LogP) is 6.12. The van der Waals surface area contributed by atoms with Crippen molar-refractivity contribution >= 4 is 18.4 Å². The van der Waals surface area contributed by atoms with Gasteiger partial charge in [-0.05, 0) is 67.4 Å². The lowest BCUT2D eigenvalue weighted by Crippen LogP contribution is -2.41. The zero-order chi connectivity index (χ0) is 27.8. The summed E-state index contributed by atoms with van der Waals surface area (Å²) in [6.45, 7) is 14.4. The molecule has 3 aromatic rings. The van der Waals surface area contributed by atoms with Crippen molar-refractivity contribution in [3.63, 3.8) is 0 Å². The maximum Gasteiger partial charge on any atom is 0.296 e. The van der Waals surface area contributed by atoms with Gasteiger partial charge in [-0.15, -0.1) is 0 Å². The van der Waals surface area contributed by atoms with Crippen molar-refractivity contribution in [3.8, 4) is 17.6 Å². The molecule has 0 radical (unpaired) electrons. The third kappa shape index (κ3) is 8.84. The van der Waals surface area contributed by atoms with Crippen LogP contribution in [0.3, 0.4) is 0 Å². The summed E-state index contributed by atoms with van der Waals surface area (Å²) in [5, 5.41) is 4.15. The Morgan fingerprint density at radius 3 is 2.29 bits per heavy atom. The SMILES string of the molecule is Cc1ccc(S(=O)(=O)OCCc2cc(C#Cc3ccc(OCCCO[Si](C)(C)C(C)(C)C)cc3)on2)cc1.